The SMILES string of the molecule is Cc1ccc(/C=C/C(=O)c2ccc(S(=O)(=O)NCCNc3nc(Nc4ccc(F)cc4)nc(N(C)C)n3)cc2)cc1. The van der Waals surface area contributed by atoms with E-state index in [4.69, 9.17) is 0 Å². The lowest BCUT2D eigenvalue weighted by molar-refractivity contribution is 0.104. The van der Waals surface area contributed by atoms with E-state index in [2.05, 4.69) is 30.3 Å². The number of carbonyl (C=O) groups is 1. The van der Waals surface area contributed by atoms with Crippen LogP contribution in [0, 0.1) is 12.7 Å². The number of aromatic nitrogens is 3. The van der Waals surface area contributed by atoms with Gasteiger partial charge in [0.1, 0.15) is 5.82 Å². The number of nitrogens with one attached hydrogen (secondary N) is 3. The fourth-order valence-corrected chi connectivity index (χ4v) is 4.58. The number of nitrogens with zero attached hydrogens (tertiary/aromatic N) is 4. The number of ketones is 1. The van der Waals surface area contributed by atoms with Gasteiger partial charge >= 0.3 is 0 Å². The van der Waals surface area contributed by atoms with Crippen molar-refractivity contribution in [2.75, 3.05) is 42.7 Å². The summed E-state index contributed by atoms with van der Waals surface area (Å²) < 4.78 is 41.3. The molecule has 0 aliphatic rings. The molecule has 41 heavy (non-hydrogen) atoms. The maximum absolute atomic E-state index is 13.2. The number of hydrogen-bond donors (Lipinski definition) is 3. The zero-order valence-corrected chi connectivity index (χ0v) is 23.6. The summed E-state index contributed by atoms with van der Waals surface area (Å²) in [5.74, 6) is 0.252. The molecule has 0 atom stereocenters. The van der Waals surface area contributed by atoms with E-state index in [-0.39, 0.29) is 41.5 Å². The fraction of sp³-hybridized carbons (Fsp3) is 0.172. The summed E-state index contributed by atoms with van der Waals surface area (Å²) in [5.41, 5.74) is 3.00. The Hall–Kier alpha value is -4.68. The molecular weight excluding hydrogens is 545 g/mol. The quantitative estimate of drug-likeness (QED) is 0.128. The Labute approximate surface area is 238 Å². The molecule has 212 valence electrons. The van der Waals surface area contributed by atoms with Gasteiger partial charge in [-0.1, -0.05) is 35.9 Å². The molecule has 0 fully saturated rings. The Balaban J connectivity index is 1.33. The van der Waals surface area contributed by atoms with Gasteiger partial charge in [-0.3, -0.25) is 4.79 Å². The Morgan fingerprint density at radius 3 is 2.20 bits per heavy atom. The largest absolute Gasteiger partial charge is 0.353 e. The normalized spacial score (nSPS) is 11.4. The van der Waals surface area contributed by atoms with Crippen LogP contribution in [0.1, 0.15) is 21.5 Å². The first kappa shape index (κ1) is 29.3. The van der Waals surface area contributed by atoms with Gasteiger partial charge in [0.05, 0.1) is 4.90 Å². The first-order valence-electron chi connectivity index (χ1n) is 12.7. The molecule has 0 radical (unpaired) electrons. The summed E-state index contributed by atoms with van der Waals surface area (Å²) in [4.78, 5) is 27.2. The Morgan fingerprint density at radius 2 is 1.54 bits per heavy atom. The third-order valence-electron chi connectivity index (χ3n) is 5.78. The number of carbonyl (C=O) groups excluding carboxylic acids is 1. The number of halogens is 1. The van der Waals surface area contributed by atoms with Crippen LogP contribution in [-0.4, -0.2) is 56.3 Å². The van der Waals surface area contributed by atoms with Crippen molar-refractivity contribution >= 4 is 45.4 Å². The van der Waals surface area contributed by atoms with E-state index < -0.39 is 10.0 Å². The van der Waals surface area contributed by atoms with Crippen LogP contribution in [0.5, 0.6) is 0 Å². The van der Waals surface area contributed by atoms with Crippen molar-refractivity contribution in [3.63, 3.8) is 0 Å². The molecule has 0 bridgehead atoms. The van der Waals surface area contributed by atoms with E-state index in [1.807, 2.05) is 31.2 Å². The third-order valence-corrected chi connectivity index (χ3v) is 7.25. The lowest BCUT2D eigenvalue weighted by atomic mass is 10.1. The smallest absolute Gasteiger partial charge is 0.240 e. The van der Waals surface area contributed by atoms with Crippen LogP contribution in [0.2, 0.25) is 0 Å². The molecule has 3 N–H and O–H groups in total. The van der Waals surface area contributed by atoms with Crippen molar-refractivity contribution in [1.29, 1.82) is 0 Å². The summed E-state index contributed by atoms with van der Waals surface area (Å²) >= 11 is 0. The van der Waals surface area contributed by atoms with Gasteiger partial charge < -0.3 is 15.5 Å². The average molecular weight is 576 g/mol. The van der Waals surface area contributed by atoms with Gasteiger partial charge in [-0.15, -0.1) is 0 Å². The van der Waals surface area contributed by atoms with Crippen molar-refractivity contribution in [3.8, 4) is 0 Å². The minimum absolute atomic E-state index is 0.0393. The molecule has 0 amide bonds. The molecule has 0 saturated heterocycles. The molecule has 0 aliphatic carbocycles. The van der Waals surface area contributed by atoms with Gasteiger partial charge in [0.25, 0.3) is 0 Å². The van der Waals surface area contributed by atoms with Gasteiger partial charge in [0, 0.05) is 38.4 Å². The second-order valence-corrected chi connectivity index (χ2v) is 11.0. The highest BCUT2D eigenvalue weighted by atomic mass is 32.2. The standard InChI is InChI=1S/C29H30FN7O3S/c1-20-4-6-21(7-5-20)8-17-26(38)22-9-15-25(16-10-22)41(39,40)32-19-18-31-27-34-28(36-29(35-27)37(2)3)33-24-13-11-23(30)12-14-24/h4-17,32H,18-19H2,1-3H3,(H2,31,33,34,35,36)/b17-8+. The predicted molar refractivity (Wildman–Crippen MR) is 159 cm³/mol. The summed E-state index contributed by atoms with van der Waals surface area (Å²) in [5, 5.41) is 5.98. The summed E-state index contributed by atoms with van der Waals surface area (Å²) in [7, 11) is -0.270. The molecule has 4 aromatic rings. The van der Waals surface area contributed by atoms with Crippen LogP contribution in [0.4, 0.5) is 27.9 Å². The van der Waals surface area contributed by atoms with Crippen molar-refractivity contribution < 1.29 is 17.6 Å². The number of benzene rings is 3. The molecule has 10 nitrogen and oxygen atoms in total. The molecule has 0 saturated carbocycles. The Kier molecular flexibility index (Phi) is 9.37. The third kappa shape index (κ3) is 8.40. The maximum Gasteiger partial charge on any atom is 0.240 e. The van der Waals surface area contributed by atoms with Gasteiger partial charge in [-0.2, -0.15) is 15.0 Å². The first-order valence-corrected chi connectivity index (χ1v) is 14.2. The van der Waals surface area contributed by atoms with Gasteiger partial charge in [-0.25, -0.2) is 17.5 Å². The number of anilines is 4. The molecule has 4 rings (SSSR count). The van der Waals surface area contributed by atoms with E-state index in [1.165, 1.54) is 42.5 Å². The highest BCUT2D eigenvalue weighted by Crippen LogP contribution is 2.17. The number of rotatable bonds is 12. The van der Waals surface area contributed by atoms with E-state index >= 15 is 0 Å². The molecule has 0 spiro atoms. The first-order chi connectivity index (χ1) is 19.6. The summed E-state index contributed by atoms with van der Waals surface area (Å²) in [6.07, 6.45) is 3.18. The molecule has 0 unspecified atom stereocenters. The van der Waals surface area contributed by atoms with Crippen molar-refractivity contribution in [3.05, 3.63) is 101 Å². The lowest BCUT2D eigenvalue weighted by Gasteiger charge is -2.14. The number of hydrogen-bond acceptors (Lipinski definition) is 9. The van der Waals surface area contributed by atoms with Gasteiger partial charge in [0.15, 0.2) is 5.78 Å². The molecule has 12 heteroatoms. The van der Waals surface area contributed by atoms with Crippen LogP contribution < -0.4 is 20.3 Å². The zero-order chi connectivity index (χ0) is 29.4. The highest BCUT2D eigenvalue weighted by molar-refractivity contribution is 7.89. The molecule has 0 aliphatic heterocycles. The van der Waals surface area contributed by atoms with Crippen molar-refractivity contribution in [2.24, 2.45) is 0 Å². The van der Waals surface area contributed by atoms with Crippen LogP contribution in [0.25, 0.3) is 6.08 Å². The molecular formula is C29H30FN7O3S. The Bertz CT molecular complexity index is 1630. The monoisotopic (exact) mass is 575 g/mol. The minimum Gasteiger partial charge on any atom is -0.353 e. The Morgan fingerprint density at radius 1 is 0.878 bits per heavy atom. The van der Waals surface area contributed by atoms with E-state index in [1.54, 1.807) is 37.2 Å². The summed E-state index contributed by atoms with van der Waals surface area (Å²) in [6.45, 7) is 2.22. The topological polar surface area (TPSA) is 129 Å². The van der Waals surface area contributed by atoms with Crippen molar-refractivity contribution in [1.82, 2.24) is 19.7 Å². The number of allylic oxidation sites excluding steroid dienone is 1. The minimum atomic E-state index is -3.81. The van der Waals surface area contributed by atoms with Crippen LogP contribution >= 0.6 is 0 Å². The predicted octanol–water partition coefficient (Wildman–Crippen LogP) is 4.42. The van der Waals surface area contributed by atoms with E-state index in [0.29, 0.717) is 17.2 Å². The molecule has 1 heterocycles. The van der Waals surface area contributed by atoms with Crippen molar-refractivity contribution in [2.45, 2.75) is 11.8 Å². The number of aryl methyl sites for hydroxylation is 1. The van der Waals surface area contributed by atoms with Crippen LogP contribution in [0.3, 0.4) is 0 Å². The summed E-state index contributed by atoms with van der Waals surface area (Å²) in [6, 6.07) is 19.3. The van der Waals surface area contributed by atoms with E-state index in [9.17, 15) is 17.6 Å². The van der Waals surface area contributed by atoms with Gasteiger partial charge in [-0.05, 0) is 67.1 Å². The molecule has 3 aromatic carbocycles. The fourth-order valence-electron chi connectivity index (χ4n) is 3.55. The number of sulfonamides is 1. The second-order valence-electron chi connectivity index (χ2n) is 9.27. The second kappa shape index (κ2) is 13.1. The van der Waals surface area contributed by atoms with Crippen LogP contribution in [-0.2, 0) is 10.0 Å². The lowest BCUT2D eigenvalue weighted by Crippen LogP contribution is -2.29. The molecule has 1 aromatic heterocycles. The average Bonchev–Trinajstić information content (AvgIpc) is 2.96. The van der Waals surface area contributed by atoms with Crippen LogP contribution in [0.15, 0.2) is 83.8 Å². The zero-order valence-electron chi connectivity index (χ0n) is 22.8. The maximum atomic E-state index is 13.2. The highest BCUT2D eigenvalue weighted by Gasteiger charge is 2.15. The van der Waals surface area contributed by atoms with Gasteiger partial charge in [0.2, 0.25) is 27.9 Å². The van der Waals surface area contributed by atoms with E-state index in [0.717, 1.165) is 11.1 Å².